The third kappa shape index (κ3) is 2.32. The van der Waals surface area contributed by atoms with E-state index >= 15 is 0 Å². The van der Waals surface area contributed by atoms with E-state index in [1.54, 1.807) is 0 Å². The number of aryl methyl sites for hydroxylation is 1. The highest BCUT2D eigenvalue weighted by molar-refractivity contribution is 5.42. The molecule has 2 nitrogen and oxygen atoms in total. The number of hydrogen-bond acceptors (Lipinski definition) is 2. The number of nitrogens with two attached hydrogens (primary N) is 1. The van der Waals surface area contributed by atoms with Gasteiger partial charge in [0.15, 0.2) is 0 Å². The normalized spacial score (nSPS) is 23.0. The van der Waals surface area contributed by atoms with E-state index in [1.165, 1.54) is 24.0 Å². The first-order valence-corrected chi connectivity index (χ1v) is 6.56. The molecule has 1 aliphatic heterocycles. The lowest BCUT2D eigenvalue weighted by Crippen LogP contribution is -2.24. The van der Waals surface area contributed by atoms with E-state index in [0.717, 1.165) is 25.0 Å². The van der Waals surface area contributed by atoms with Crippen molar-refractivity contribution >= 4 is 0 Å². The maximum absolute atomic E-state index is 6.13. The zero-order valence-electron chi connectivity index (χ0n) is 10.8. The van der Waals surface area contributed by atoms with Crippen LogP contribution in [0.15, 0.2) is 18.2 Å². The third-order valence-electron chi connectivity index (χ3n) is 3.93. The van der Waals surface area contributed by atoms with Crippen molar-refractivity contribution in [1.82, 2.24) is 0 Å². The Hall–Kier alpha value is -1.02. The fourth-order valence-corrected chi connectivity index (χ4v) is 2.62. The van der Waals surface area contributed by atoms with Crippen molar-refractivity contribution in [2.24, 2.45) is 5.73 Å². The predicted octanol–water partition coefficient (Wildman–Crippen LogP) is 2.82. The van der Waals surface area contributed by atoms with Crippen molar-refractivity contribution in [1.29, 1.82) is 0 Å². The lowest BCUT2D eigenvalue weighted by atomic mass is 9.98. The number of rotatable bonds is 3. The van der Waals surface area contributed by atoms with Gasteiger partial charge in [-0.3, -0.25) is 0 Å². The molecule has 3 rings (SSSR count). The largest absolute Gasteiger partial charge is 0.487 e. The van der Waals surface area contributed by atoms with Crippen molar-refractivity contribution < 1.29 is 4.74 Å². The Morgan fingerprint density at radius 3 is 2.76 bits per heavy atom. The van der Waals surface area contributed by atoms with Crippen LogP contribution in [0.2, 0.25) is 0 Å². The summed E-state index contributed by atoms with van der Waals surface area (Å²) in [5.74, 6) is 1.06. The predicted molar refractivity (Wildman–Crippen MR) is 69.3 cm³/mol. The van der Waals surface area contributed by atoms with Crippen LogP contribution in [0.25, 0.3) is 0 Å². The summed E-state index contributed by atoms with van der Waals surface area (Å²) in [6.07, 6.45) is 5.65. The molecule has 0 saturated heterocycles. The van der Waals surface area contributed by atoms with Gasteiger partial charge >= 0.3 is 0 Å². The van der Waals surface area contributed by atoms with Gasteiger partial charge in [0.05, 0.1) is 0 Å². The second-order valence-corrected chi connectivity index (χ2v) is 6.34. The Morgan fingerprint density at radius 1 is 1.29 bits per heavy atom. The molecular weight excluding hydrogens is 210 g/mol. The molecule has 0 spiro atoms. The van der Waals surface area contributed by atoms with Crippen molar-refractivity contribution in [3.63, 3.8) is 0 Å². The number of hydrogen-bond donors (Lipinski definition) is 1. The van der Waals surface area contributed by atoms with Crippen LogP contribution in [-0.2, 0) is 12.8 Å². The summed E-state index contributed by atoms with van der Waals surface area (Å²) in [7, 11) is 0. The first-order valence-electron chi connectivity index (χ1n) is 6.56. The SMILES string of the molecule is CC1(C)Cc2cc(CCC3(N)CC3)ccc2O1. The van der Waals surface area contributed by atoms with Gasteiger partial charge in [-0.15, -0.1) is 0 Å². The fraction of sp³-hybridized carbons (Fsp3) is 0.600. The summed E-state index contributed by atoms with van der Waals surface area (Å²) in [5, 5.41) is 0. The van der Waals surface area contributed by atoms with Crippen LogP contribution in [-0.4, -0.2) is 11.1 Å². The molecule has 1 aromatic carbocycles. The highest BCUT2D eigenvalue weighted by Crippen LogP contribution is 2.38. The van der Waals surface area contributed by atoms with Crippen molar-refractivity contribution in [3.05, 3.63) is 29.3 Å². The molecule has 1 aromatic rings. The Labute approximate surface area is 103 Å². The van der Waals surface area contributed by atoms with Gasteiger partial charge < -0.3 is 10.5 Å². The smallest absolute Gasteiger partial charge is 0.123 e. The van der Waals surface area contributed by atoms with E-state index in [1.807, 2.05) is 0 Å². The monoisotopic (exact) mass is 231 g/mol. The van der Waals surface area contributed by atoms with E-state index in [0.29, 0.717) is 0 Å². The second kappa shape index (κ2) is 3.49. The van der Waals surface area contributed by atoms with Crippen molar-refractivity contribution in [2.45, 2.75) is 57.1 Å². The molecule has 0 atom stereocenters. The lowest BCUT2D eigenvalue weighted by molar-refractivity contribution is 0.138. The molecule has 0 aromatic heterocycles. The van der Waals surface area contributed by atoms with E-state index < -0.39 is 0 Å². The Balaban J connectivity index is 1.72. The molecule has 1 fully saturated rings. The standard InChI is InChI=1S/C15H21NO/c1-14(2)10-12-9-11(3-4-13(12)17-14)5-6-15(16)7-8-15/h3-4,9H,5-8,10,16H2,1-2H3. The minimum Gasteiger partial charge on any atom is -0.487 e. The summed E-state index contributed by atoms with van der Waals surface area (Å²) >= 11 is 0. The second-order valence-electron chi connectivity index (χ2n) is 6.34. The number of benzene rings is 1. The molecular formula is C15H21NO. The van der Waals surface area contributed by atoms with Gasteiger partial charge in [-0.05, 0) is 56.7 Å². The van der Waals surface area contributed by atoms with Gasteiger partial charge in [-0.1, -0.05) is 12.1 Å². The molecule has 2 N–H and O–H groups in total. The van der Waals surface area contributed by atoms with Crippen LogP contribution in [0.3, 0.4) is 0 Å². The van der Waals surface area contributed by atoms with Gasteiger partial charge in [0.2, 0.25) is 0 Å². The van der Waals surface area contributed by atoms with Gasteiger partial charge in [0.1, 0.15) is 11.4 Å². The highest BCUT2D eigenvalue weighted by atomic mass is 16.5. The van der Waals surface area contributed by atoms with Gasteiger partial charge in [-0.2, -0.15) is 0 Å². The Morgan fingerprint density at radius 2 is 2.06 bits per heavy atom. The summed E-state index contributed by atoms with van der Waals surface area (Å²) in [4.78, 5) is 0. The van der Waals surface area contributed by atoms with Crippen LogP contribution in [0.5, 0.6) is 5.75 Å². The fourth-order valence-electron chi connectivity index (χ4n) is 2.62. The molecule has 1 heterocycles. The summed E-state index contributed by atoms with van der Waals surface area (Å²) in [5.41, 5.74) is 9.01. The van der Waals surface area contributed by atoms with E-state index in [4.69, 9.17) is 10.5 Å². The Kier molecular flexibility index (Phi) is 2.27. The van der Waals surface area contributed by atoms with Crippen LogP contribution < -0.4 is 10.5 Å². The molecule has 1 aliphatic carbocycles. The molecule has 0 amide bonds. The van der Waals surface area contributed by atoms with E-state index in [9.17, 15) is 0 Å². The quantitative estimate of drug-likeness (QED) is 0.868. The minimum absolute atomic E-state index is 0.0352. The minimum atomic E-state index is -0.0352. The average Bonchev–Trinajstić information content (AvgIpc) is 2.88. The van der Waals surface area contributed by atoms with Crippen molar-refractivity contribution in [3.8, 4) is 5.75 Å². The van der Waals surface area contributed by atoms with Crippen LogP contribution in [0, 0.1) is 0 Å². The third-order valence-corrected chi connectivity index (χ3v) is 3.93. The molecule has 1 saturated carbocycles. The van der Waals surface area contributed by atoms with Gasteiger partial charge in [0, 0.05) is 12.0 Å². The molecule has 0 bridgehead atoms. The maximum atomic E-state index is 6.13. The molecule has 0 radical (unpaired) electrons. The topological polar surface area (TPSA) is 35.2 Å². The van der Waals surface area contributed by atoms with Crippen LogP contribution >= 0.6 is 0 Å². The van der Waals surface area contributed by atoms with Crippen LogP contribution in [0.1, 0.15) is 44.2 Å². The zero-order valence-corrected chi connectivity index (χ0v) is 10.8. The highest BCUT2D eigenvalue weighted by Gasteiger charge is 2.37. The molecule has 92 valence electrons. The first kappa shape index (κ1) is 11.1. The summed E-state index contributed by atoms with van der Waals surface area (Å²) < 4.78 is 5.88. The Bertz CT molecular complexity index is 446. The maximum Gasteiger partial charge on any atom is 0.123 e. The van der Waals surface area contributed by atoms with Crippen LogP contribution in [0.4, 0.5) is 0 Å². The van der Waals surface area contributed by atoms with Gasteiger partial charge in [-0.25, -0.2) is 0 Å². The number of ether oxygens (including phenoxy) is 1. The van der Waals surface area contributed by atoms with Crippen molar-refractivity contribution in [2.75, 3.05) is 0 Å². The van der Waals surface area contributed by atoms with E-state index in [2.05, 4.69) is 32.0 Å². The average molecular weight is 231 g/mol. The molecule has 2 aliphatic rings. The summed E-state index contributed by atoms with van der Waals surface area (Å²) in [6.45, 7) is 4.29. The first-order chi connectivity index (χ1) is 7.96. The summed E-state index contributed by atoms with van der Waals surface area (Å²) in [6, 6.07) is 6.61. The zero-order chi connectivity index (χ0) is 12.1. The number of fused-ring (bicyclic) bond motifs is 1. The molecule has 17 heavy (non-hydrogen) atoms. The molecule has 0 unspecified atom stereocenters. The lowest BCUT2D eigenvalue weighted by Gasteiger charge is -2.16. The molecule has 2 heteroatoms. The van der Waals surface area contributed by atoms with E-state index in [-0.39, 0.29) is 11.1 Å². The van der Waals surface area contributed by atoms with Gasteiger partial charge in [0.25, 0.3) is 0 Å².